The predicted octanol–water partition coefficient (Wildman–Crippen LogP) is -0.450. The van der Waals surface area contributed by atoms with Gasteiger partial charge in [-0.15, -0.1) is 11.8 Å². The number of imidazole rings is 1. The summed E-state index contributed by atoms with van der Waals surface area (Å²) < 4.78 is 7.12. The van der Waals surface area contributed by atoms with Crippen LogP contribution in [-0.2, 0) is 4.74 Å². The third-order valence-corrected chi connectivity index (χ3v) is 4.39. The maximum Gasteiger partial charge on any atom is 0.168 e. The van der Waals surface area contributed by atoms with Crippen molar-refractivity contribution in [2.75, 3.05) is 12.9 Å². The molecule has 0 aliphatic carbocycles. The molecule has 2 aromatic heterocycles. The summed E-state index contributed by atoms with van der Waals surface area (Å²) >= 11 is 1.44. The van der Waals surface area contributed by atoms with Crippen molar-refractivity contribution in [3.05, 3.63) is 12.7 Å². The lowest BCUT2D eigenvalue weighted by atomic mass is 9.96. The molecule has 0 saturated carbocycles. The van der Waals surface area contributed by atoms with Crippen LogP contribution in [0.15, 0.2) is 17.7 Å². The molecule has 0 radical (unpaired) electrons. The monoisotopic (exact) mass is 312 g/mol. The second-order valence-corrected chi connectivity index (χ2v) is 5.88. The minimum atomic E-state index is -1.56. The highest BCUT2D eigenvalue weighted by molar-refractivity contribution is 7.98. The predicted molar refractivity (Wildman–Crippen MR) is 74.7 cm³/mol. The van der Waals surface area contributed by atoms with Gasteiger partial charge in [0.15, 0.2) is 11.9 Å². The normalized spacial score (nSPS) is 32.9. The Balaban J connectivity index is 2.09. The molecular weight excluding hydrogens is 296 g/mol. The number of aliphatic hydroxyl groups is 3. The van der Waals surface area contributed by atoms with E-state index < -0.39 is 24.0 Å². The van der Waals surface area contributed by atoms with Gasteiger partial charge in [0, 0.05) is 0 Å². The van der Waals surface area contributed by atoms with Gasteiger partial charge >= 0.3 is 0 Å². The van der Waals surface area contributed by atoms with E-state index in [9.17, 15) is 15.3 Å². The fourth-order valence-electron chi connectivity index (χ4n) is 2.54. The minimum absolute atomic E-state index is 0.383. The summed E-state index contributed by atoms with van der Waals surface area (Å²) in [5, 5.41) is 30.5. The van der Waals surface area contributed by atoms with E-state index in [0.717, 1.165) is 5.03 Å². The van der Waals surface area contributed by atoms with Crippen LogP contribution in [-0.4, -0.2) is 65.5 Å². The molecule has 0 aromatic carbocycles. The Morgan fingerprint density at radius 1 is 1.43 bits per heavy atom. The Bertz CT molecular complexity index is 662. The van der Waals surface area contributed by atoms with Gasteiger partial charge in [-0.05, 0) is 13.2 Å². The first-order valence-electron chi connectivity index (χ1n) is 6.39. The van der Waals surface area contributed by atoms with Crippen molar-refractivity contribution < 1.29 is 20.1 Å². The fourth-order valence-corrected chi connectivity index (χ4v) is 3.03. The molecule has 4 unspecified atom stereocenters. The number of ether oxygens (including phenoxy) is 1. The smallest absolute Gasteiger partial charge is 0.168 e. The van der Waals surface area contributed by atoms with Crippen LogP contribution < -0.4 is 0 Å². The van der Waals surface area contributed by atoms with Crippen molar-refractivity contribution in [1.29, 1.82) is 0 Å². The Morgan fingerprint density at radius 2 is 2.19 bits per heavy atom. The van der Waals surface area contributed by atoms with Gasteiger partial charge in [-0.25, -0.2) is 15.0 Å². The molecular formula is C12H16N4O4S. The summed E-state index contributed by atoms with van der Waals surface area (Å²) in [5.41, 5.74) is -0.456. The fraction of sp³-hybridized carbons (Fsp3) is 0.583. The molecule has 114 valence electrons. The highest BCUT2D eigenvalue weighted by atomic mass is 32.2. The molecule has 9 heteroatoms. The van der Waals surface area contributed by atoms with E-state index in [1.165, 1.54) is 31.3 Å². The number of thioether (sulfide) groups is 1. The molecule has 3 rings (SSSR count). The molecule has 21 heavy (non-hydrogen) atoms. The van der Waals surface area contributed by atoms with E-state index in [1.54, 1.807) is 4.57 Å². The molecule has 1 fully saturated rings. The molecule has 3 heterocycles. The van der Waals surface area contributed by atoms with Gasteiger partial charge < -0.3 is 20.1 Å². The first-order chi connectivity index (χ1) is 10.0. The Kier molecular flexibility index (Phi) is 3.62. The van der Waals surface area contributed by atoms with E-state index in [1.807, 2.05) is 6.26 Å². The van der Waals surface area contributed by atoms with Gasteiger partial charge in [-0.1, -0.05) is 0 Å². The molecule has 0 spiro atoms. The second-order valence-electron chi connectivity index (χ2n) is 5.09. The number of aromatic nitrogens is 4. The molecule has 1 aliphatic heterocycles. The summed E-state index contributed by atoms with van der Waals surface area (Å²) in [5.74, 6) is 0. The maximum absolute atomic E-state index is 10.5. The molecule has 0 bridgehead atoms. The van der Waals surface area contributed by atoms with Crippen LogP contribution in [0, 0.1) is 0 Å². The van der Waals surface area contributed by atoms with Crippen molar-refractivity contribution in [3.8, 4) is 0 Å². The minimum Gasteiger partial charge on any atom is -0.394 e. The van der Waals surface area contributed by atoms with Gasteiger partial charge in [0.1, 0.15) is 34.7 Å². The van der Waals surface area contributed by atoms with Gasteiger partial charge in [0.05, 0.1) is 12.9 Å². The Hall–Kier alpha value is -1.26. The Labute approximate surface area is 124 Å². The highest BCUT2D eigenvalue weighted by Gasteiger charge is 2.53. The van der Waals surface area contributed by atoms with Crippen LogP contribution in [0.5, 0.6) is 0 Å². The van der Waals surface area contributed by atoms with Gasteiger partial charge in [0.2, 0.25) is 0 Å². The molecule has 1 saturated heterocycles. The third kappa shape index (κ3) is 2.12. The Morgan fingerprint density at radius 3 is 2.81 bits per heavy atom. The molecule has 3 N–H and O–H groups in total. The second kappa shape index (κ2) is 5.18. The van der Waals surface area contributed by atoms with E-state index in [-0.39, 0.29) is 6.61 Å². The standard InChI is InChI=1S/C12H16N4O4S/c1-12(19)8(18)6(3-17)20-11(12)16-5-15-7-9(16)13-4-14-10(7)21-2/h4-6,8,11,17-19H,3H2,1-2H3. The lowest BCUT2D eigenvalue weighted by Crippen LogP contribution is -2.44. The summed E-state index contributed by atoms with van der Waals surface area (Å²) in [4.78, 5) is 12.6. The number of aliphatic hydroxyl groups excluding tert-OH is 2. The quantitative estimate of drug-likeness (QED) is 0.516. The first-order valence-corrected chi connectivity index (χ1v) is 7.61. The topological polar surface area (TPSA) is 114 Å². The lowest BCUT2D eigenvalue weighted by Gasteiger charge is -2.27. The SMILES string of the molecule is CSc1ncnc2c1ncn2C1OC(CO)C(O)C1(C)O. The molecule has 4 atom stereocenters. The van der Waals surface area contributed by atoms with E-state index >= 15 is 0 Å². The zero-order valence-corrected chi connectivity index (χ0v) is 12.4. The molecule has 1 aliphatic rings. The average molecular weight is 312 g/mol. The lowest BCUT2D eigenvalue weighted by molar-refractivity contribution is -0.0950. The van der Waals surface area contributed by atoms with Crippen molar-refractivity contribution in [3.63, 3.8) is 0 Å². The van der Waals surface area contributed by atoms with Crippen LogP contribution >= 0.6 is 11.8 Å². The van der Waals surface area contributed by atoms with Gasteiger partial charge in [-0.3, -0.25) is 4.57 Å². The average Bonchev–Trinajstić information content (AvgIpc) is 2.99. The van der Waals surface area contributed by atoms with Crippen LogP contribution in [0.3, 0.4) is 0 Å². The highest BCUT2D eigenvalue weighted by Crippen LogP contribution is 2.39. The first kappa shape index (κ1) is 14.7. The summed E-state index contributed by atoms with van der Waals surface area (Å²) in [6, 6.07) is 0. The largest absolute Gasteiger partial charge is 0.394 e. The maximum atomic E-state index is 10.5. The van der Waals surface area contributed by atoms with E-state index in [2.05, 4.69) is 15.0 Å². The van der Waals surface area contributed by atoms with Crippen molar-refractivity contribution in [2.45, 2.75) is 36.0 Å². The van der Waals surface area contributed by atoms with Crippen LogP contribution in [0.1, 0.15) is 13.2 Å². The number of rotatable bonds is 3. The summed E-state index contributed by atoms with van der Waals surface area (Å²) in [6.07, 6.45) is 1.84. The van der Waals surface area contributed by atoms with Gasteiger partial charge in [0.25, 0.3) is 0 Å². The number of hydrogen-bond donors (Lipinski definition) is 3. The number of nitrogens with zero attached hydrogens (tertiary/aromatic N) is 4. The van der Waals surface area contributed by atoms with Crippen LogP contribution in [0.25, 0.3) is 11.2 Å². The molecule has 2 aromatic rings. The van der Waals surface area contributed by atoms with Crippen molar-refractivity contribution in [2.24, 2.45) is 0 Å². The van der Waals surface area contributed by atoms with E-state index in [4.69, 9.17) is 4.74 Å². The molecule has 0 amide bonds. The number of hydrogen-bond acceptors (Lipinski definition) is 8. The zero-order valence-electron chi connectivity index (χ0n) is 11.5. The van der Waals surface area contributed by atoms with Gasteiger partial charge in [-0.2, -0.15) is 0 Å². The van der Waals surface area contributed by atoms with Crippen molar-refractivity contribution >= 4 is 22.9 Å². The molecule has 8 nitrogen and oxygen atoms in total. The van der Waals surface area contributed by atoms with Crippen molar-refractivity contribution in [1.82, 2.24) is 19.5 Å². The third-order valence-electron chi connectivity index (χ3n) is 3.71. The van der Waals surface area contributed by atoms with E-state index in [0.29, 0.717) is 11.2 Å². The summed E-state index contributed by atoms with van der Waals surface area (Å²) in [7, 11) is 0. The van der Waals surface area contributed by atoms with Crippen LogP contribution in [0.4, 0.5) is 0 Å². The zero-order chi connectivity index (χ0) is 15.2. The number of fused-ring (bicyclic) bond motifs is 1. The van der Waals surface area contributed by atoms with Crippen LogP contribution in [0.2, 0.25) is 0 Å². The summed E-state index contributed by atoms with van der Waals surface area (Å²) in [6.45, 7) is 1.08.